The van der Waals surface area contributed by atoms with Crippen LogP contribution in [-0.2, 0) is 0 Å². The Labute approximate surface area is 107 Å². The maximum absolute atomic E-state index is 3.83. The lowest BCUT2D eigenvalue weighted by Crippen LogP contribution is -2.54. The maximum Gasteiger partial charge on any atom is 0.0110 e. The summed E-state index contributed by atoms with van der Waals surface area (Å²) < 4.78 is 0. The van der Waals surface area contributed by atoms with E-state index in [0.29, 0.717) is 0 Å². The number of nitrogens with one attached hydrogen (secondary N) is 1. The summed E-state index contributed by atoms with van der Waals surface area (Å²) in [4.78, 5) is 2.65. The van der Waals surface area contributed by atoms with E-state index < -0.39 is 0 Å². The van der Waals surface area contributed by atoms with Crippen molar-refractivity contribution in [2.75, 3.05) is 13.6 Å². The molecule has 1 N–H and O–H groups in total. The lowest BCUT2D eigenvalue weighted by molar-refractivity contribution is 0.0478. The van der Waals surface area contributed by atoms with Crippen molar-refractivity contribution in [3.8, 4) is 0 Å². The summed E-state index contributed by atoms with van der Waals surface area (Å²) in [5, 5.41) is 3.83. The molecule has 0 aromatic heterocycles. The van der Waals surface area contributed by atoms with Crippen molar-refractivity contribution in [1.82, 2.24) is 10.2 Å². The number of hydrogen-bond donors (Lipinski definition) is 1. The zero-order valence-corrected chi connectivity index (χ0v) is 11.9. The molecular formula is C15H30N2. The summed E-state index contributed by atoms with van der Waals surface area (Å²) in [7, 11) is 2.34. The van der Waals surface area contributed by atoms with E-state index in [-0.39, 0.29) is 0 Å². The first-order valence-electron chi connectivity index (χ1n) is 7.66. The standard InChI is InChI=1S/C15H30N2/c1-4-6-12(2)11-16-13-9-14-7-5-8-15(10-13)17(14)3/h12-16H,4-11H2,1-3H3. The summed E-state index contributed by atoms with van der Waals surface area (Å²) in [5.74, 6) is 0.847. The zero-order valence-electron chi connectivity index (χ0n) is 11.9. The van der Waals surface area contributed by atoms with Gasteiger partial charge in [0.1, 0.15) is 0 Å². The van der Waals surface area contributed by atoms with Gasteiger partial charge in [-0.2, -0.15) is 0 Å². The SMILES string of the molecule is CCCC(C)CNC1CC2CCCC(C1)N2C. The number of piperidine rings is 2. The van der Waals surface area contributed by atoms with Crippen molar-refractivity contribution < 1.29 is 0 Å². The number of rotatable bonds is 5. The maximum atomic E-state index is 3.83. The molecule has 0 spiro atoms. The Kier molecular flexibility index (Phi) is 4.87. The van der Waals surface area contributed by atoms with Crippen LogP contribution in [0.15, 0.2) is 0 Å². The van der Waals surface area contributed by atoms with Gasteiger partial charge in [0.15, 0.2) is 0 Å². The monoisotopic (exact) mass is 238 g/mol. The van der Waals surface area contributed by atoms with Gasteiger partial charge in [-0.15, -0.1) is 0 Å². The summed E-state index contributed by atoms with van der Waals surface area (Å²) in [6.07, 6.45) is 9.76. The summed E-state index contributed by atoms with van der Waals surface area (Å²) in [6.45, 7) is 5.89. The third-order valence-corrected chi connectivity index (χ3v) is 4.88. The smallest absolute Gasteiger partial charge is 0.0110 e. The van der Waals surface area contributed by atoms with Crippen LogP contribution in [0.25, 0.3) is 0 Å². The largest absolute Gasteiger partial charge is 0.314 e. The third kappa shape index (κ3) is 3.45. The topological polar surface area (TPSA) is 15.3 Å². The summed E-state index contributed by atoms with van der Waals surface area (Å²) >= 11 is 0. The molecule has 100 valence electrons. The van der Waals surface area contributed by atoms with Crippen LogP contribution in [0.1, 0.15) is 58.8 Å². The van der Waals surface area contributed by atoms with Crippen LogP contribution in [0.3, 0.4) is 0 Å². The van der Waals surface area contributed by atoms with E-state index in [4.69, 9.17) is 0 Å². The van der Waals surface area contributed by atoms with Crippen LogP contribution in [0.4, 0.5) is 0 Å². The molecule has 2 heteroatoms. The van der Waals surface area contributed by atoms with Crippen LogP contribution >= 0.6 is 0 Å². The molecule has 0 aliphatic carbocycles. The molecule has 2 saturated heterocycles. The molecule has 0 aromatic carbocycles. The second-order valence-corrected chi connectivity index (χ2v) is 6.37. The highest BCUT2D eigenvalue weighted by Gasteiger charge is 2.35. The number of nitrogens with zero attached hydrogens (tertiary/aromatic N) is 1. The molecule has 0 saturated carbocycles. The Bertz CT molecular complexity index is 215. The van der Waals surface area contributed by atoms with Gasteiger partial charge in [0.25, 0.3) is 0 Å². The molecule has 17 heavy (non-hydrogen) atoms. The van der Waals surface area contributed by atoms with Crippen molar-refractivity contribution in [3.05, 3.63) is 0 Å². The average Bonchev–Trinajstić information content (AvgIpc) is 2.27. The Hall–Kier alpha value is -0.0800. The predicted molar refractivity (Wildman–Crippen MR) is 74.3 cm³/mol. The Morgan fingerprint density at radius 1 is 1.24 bits per heavy atom. The molecule has 2 heterocycles. The quantitative estimate of drug-likeness (QED) is 0.792. The first kappa shape index (κ1) is 13.4. The Morgan fingerprint density at radius 3 is 2.47 bits per heavy atom. The van der Waals surface area contributed by atoms with Crippen molar-refractivity contribution in [1.29, 1.82) is 0 Å². The summed E-state index contributed by atoms with van der Waals surface area (Å²) in [5.41, 5.74) is 0. The predicted octanol–water partition coefficient (Wildman–Crippen LogP) is 3.03. The average molecular weight is 238 g/mol. The van der Waals surface area contributed by atoms with E-state index in [0.717, 1.165) is 24.0 Å². The van der Waals surface area contributed by atoms with E-state index in [9.17, 15) is 0 Å². The fourth-order valence-corrected chi connectivity index (χ4v) is 3.75. The van der Waals surface area contributed by atoms with E-state index in [1.165, 1.54) is 51.5 Å². The van der Waals surface area contributed by atoms with Gasteiger partial charge < -0.3 is 10.2 Å². The number of fused-ring (bicyclic) bond motifs is 2. The second kappa shape index (κ2) is 6.19. The minimum atomic E-state index is 0.792. The molecule has 2 rings (SSSR count). The first-order chi connectivity index (χ1) is 8.20. The molecule has 2 nitrogen and oxygen atoms in total. The first-order valence-corrected chi connectivity index (χ1v) is 7.66. The van der Waals surface area contributed by atoms with Gasteiger partial charge in [0.2, 0.25) is 0 Å². The van der Waals surface area contributed by atoms with Crippen LogP contribution in [0.2, 0.25) is 0 Å². The molecule has 3 unspecified atom stereocenters. The lowest BCUT2D eigenvalue weighted by Gasteiger charge is -2.47. The Morgan fingerprint density at radius 2 is 1.88 bits per heavy atom. The van der Waals surface area contributed by atoms with E-state index in [1.54, 1.807) is 0 Å². The third-order valence-electron chi connectivity index (χ3n) is 4.88. The van der Waals surface area contributed by atoms with Crippen LogP contribution < -0.4 is 5.32 Å². The minimum absolute atomic E-state index is 0.792. The highest BCUT2D eigenvalue weighted by molar-refractivity contribution is 4.93. The van der Waals surface area contributed by atoms with Gasteiger partial charge in [-0.25, -0.2) is 0 Å². The van der Waals surface area contributed by atoms with Gasteiger partial charge in [-0.05, 0) is 51.6 Å². The van der Waals surface area contributed by atoms with E-state index >= 15 is 0 Å². The fourth-order valence-electron chi connectivity index (χ4n) is 3.75. The highest BCUT2D eigenvalue weighted by atomic mass is 15.2. The van der Waals surface area contributed by atoms with E-state index in [2.05, 4.69) is 31.1 Å². The molecule has 0 aromatic rings. The Balaban J connectivity index is 1.76. The van der Waals surface area contributed by atoms with Crippen LogP contribution in [0, 0.1) is 5.92 Å². The van der Waals surface area contributed by atoms with Crippen LogP contribution in [0.5, 0.6) is 0 Å². The normalized spacial score (nSPS) is 35.8. The minimum Gasteiger partial charge on any atom is -0.314 e. The molecule has 2 aliphatic rings. The van der Waals surface area contributed by atoms with Crippen LogP contribution in [-0.4, -0.2) is 36.6 Å². The second-order valence-electron chi connectivity index (χ2n) is 6.37. The molecule has 0 amide bonds. The van der Waals surface area contributed by atoms with E-state index in [1.807, 2.05) is 0 Å². The lowest BCUT2D eigenvalue weighted by atomic mass is 9.82. The highest BCUT2D eigenvalue weighted by Crippen LogP contribution is 2.32. The zero-order chi connectivity index (χ0) is 12.3. The van der Waals surface area contributed by atoms with Gasteiger partial charge in [0.05, 0.1) is 0 Å². The fraction of sp³-hybridized carbons (Fsp3) is 1.00. The molecule has 2 fully saturated rings. The van der Waals surface area contributed by atoms with Crippen molar-refractivity contribution in [2.24, 2.45) is 5.92 Å². The van der Waals surface area contributed by atoms with Gasteiger partial charge in [-0.1, -0.05) is 26.7 Å². The van der Waals surface area contributed by atoms with Crippen molar-refractivity contribution in [3.63, 3.8) is 0 Å². The van der Waals surface area contributed by atoms with Gasteiger partial charge in [0, 0.05) is 18.1 Å². The number of hydrogen-bond acceptors (Lipinski definition) is 2. The van der Waals surface area contributed by atoms with Gasteiger partial charge in [-0.3, -0.25) is 0 Å². The summed E-state index contributed by atoms with van der Waals surface area (Å²) in [6, 6.07) is 2.52. The van der Waals surface area contributed by atoms with Crippen molar-refractivity contribution in [2.45, 2.75) is 76.9 Å². The molecule has 2 bridgehead atoms. The van der Waals surface area contributed by atoms with Crippen molar-refractivity contribution >= 4 is 0 Å². The molecule has 2 aliphatic heterocycles. The molecule has 3 atom stereocenters. The van der Waals surface area contributed by atoms with Gasteiger partial charge >= 0.3 is 0 Å². The molecular weight excluding hydrogens is 208 g/mol. The molecule has 0 radical (unpaired) electrons.